The normalized spacial score (nSPS) is 14.2. The highest BCUT2D eigenvalue weighted by Crippen LogP contribution is 2.40. The number of unbranched alkanes of at least 4 members (excludes halogenated alkanes) is 16. The van der Waals surface area contributed by atoms with Crippen LogP contribution in [0.4, 0.5) is 35.3 Å². The van der Waals surface area contributed by atoms with E-state index < -0.39 is 83.2 Å². The monoisotopic (exact) mass is 2170 g/mol. The molecule has 3 aliphatic carbocycles. The van der Waals surface area contributed by atoms with E-state index in [1.165, 1.54) is 38.5 Å². The summed E-state index contributed by atoms with van der Waals surface area (Å²) >= 11 is 0. The molecule has 0 unspecified atom stereocenters. The lowest BCUT2D eigenvalue weighted by Crippen LogP contribution is -2.43. The maximum Gasteiger partial charge on any atom is 0.323 e. The highest BCUT2D eigenvalue weighted by molar-refractivity contribution is 7.60. The van der Waals surface area contributed by atoms with Crippen molar-refractivity contribution in [3.8, 4) is 0 Å². The number of nitrogen functional groups attached to an aromatic ring is 3. The number of nitrogens with zero attached hydrogens (tertiary/aromatic N) is 12. The molecule has 6 heterocycles. The van der Waals surface area contributed by atoms with Crippen LogP contribution in [-0.4, -0.2) is 245 Å². The van der Waals surface area contributed by atoms with E-state index in [0.717, 1.165) is 135 Å². The quantitative estimate of drug-likeness (QED) is 0.00730. The largest absolute Gasteiger partial charge is 0.465 e. The van der Waals surface area contributed by atoms with Gasteiger partial charge in [-0.05, 0) is 144 Å². The zero-order chi connectivity index (χ0) is 105. The molecule has 145 heavy (non-hydrogen) atoms. The lowest BCUT2D eigenvalue weighted by Gasteiger charge is -2.27. The minimum absolute atomic E-state index is 0. The summed E-state index contributed by atoms with van der Waals surface area (Å²) in [6, 6.07) is -2.41. The molecule has 0 aromatic carbocycles. The number of rotatable bonds is 68. The van der Waals surface area contributed by atoms with Crippen molar-refractivity contribution in [2.45, 2.75) is 403 Å². The van der Waals surface area contributed by atoms with Crippen LogP contribution in [0.15, 0.2) is 19.0 Å². The van der Waals surface area contributed by atoms with E-state index in [2.05, 4.69) is 126 Å². The Kier molecular flexibility index (Phi) is 72.0. The number of aromatic nitrogens is 12. The number of esters is 6. The van der Waals surface area contributed by atoms with E-state index in [1.54, 1.807) is 69.7 Å². The third-order valence-corrected chi connectivity index (χ3v) is 27.6. The SMILES string of the molecule is CC(C)N.CC(C)N.CCCCCCCCOC(=O)[C@H](C)NP(=O)(COCCn1cnc2c(NC3CC3)nc(N)nc21)N[C@@H](C)C(=O)OCCCCCCCC.CCCCCCOC(=O)[C@H](C)NP(=O)(COCCn1cnc2c(NC3CC3)nc(N)nc21)N[C@@H](C)C(=O)OCCCCCC.CCOC(=O)[C@H](CC)NP(COCCn1cnc2c(NC3CC3)nc(N)nc21)N[C@@H](CC)C(=O)OCC.CC[C@@H](C)N.Cl.Cl.Cl. The van der Waals surface area contributed by atoms with Crippen LogP contribution in [0, 0.1) is 0 Å². The summed E-state index contributed by atoms with van der Waals surface area (Å²) in [4.78, 5) is 115. The zero-order valence-corrected chi connectivity index (χ0v) is 94.7. The second-order valence-corrected chi connectivity index (χ2v) is 42.8. The van der Waals surface area contributed by atoms with Gasteiger partial charge in [-0.2, -0.15) is 29.9 Å². The Morgan fingerprint density at radius 1 is 0.366 bits per heavy atom. The number of hydrogen-bond donors (Lipinski definition) is 15. The first-order valence-electron chi connectivity index (χ1n) is 51.8. The van der Waals surface area contributed by atoms with Gasteiger partial charge in [-0.3, -0.25) is 48.1 Å². The molecule has 0 bridgehead atoms. The van der Waals surface area contributed by atoms with Gasteiger partial charge in [0.25, 0.3) is 0 Å². The molecule has 0 spiro atoms. The van der Waals surface area contributed by atoms with Crippen molar-refractivity contribution in [3.05, 3.63) is 19.0 Å². The molecule has 9 rings (SSSR count). The van der Waals surface area contributed by atoms with E-state index in [-0.39, 0.29) is 99.3 Å². The molecule has 0 radical (unpaired) electrons. The van der Waals surface area contributed by atoms with Crippen molar-refractivity contribution in [3.63, 3.8) is 0 Å². The minimum atomic E-state index is -3.64. The van der Waals surface area contributed by atoms with Crippen molar-refractivity contribution >= 4 is 165 Å². The Morgan fingerprint density at radius 2 is 0.614 bits per heavy atom. The predicted molar refractivity (Wildman–Crippen MR) is 585 cm³/mol. The van der Waals surface area contributed by atoms with Crippen LogP contribution in [0.1, 0.15) is 311 Å². The number of ether oxygens (including phenoxy) is 9. The van der Waals surface area contributed by atoms with Gasteiger partial charge >= 0.3 is 35.8 Å². The minimum Gasteiger partial charge on any atom is -0.465 e. The highest BCUT2D eigenvalue weighted by atomic mass is 35.5. The first kappa shape index (κ1) is 136. The Balaban J connectivity index is 0.00000102. The molecule has 3 fully saturated rings. The zero-order valence-electron chi connectivity index (χ0n) is 89.6. The summed E-state index contributed by atoms with van der Waals surface area (Å²) in [7, 11) is -8.52. The van der Waals surface area contributed by atoms with Crippen molar-refractivity contribution in [2.24, 2.45) is 17.2 Å². The van der Waals surface area contributed by atoms with E-state index in [4.69, 9.17) is 77.0 Å². The molecule has 0 saturated heterocycles. The van der Waals surface area contributed by atoms with Crippen LogP contribution in [0.25, 0.3) is 33.5 Å². The van der Waals surface area contributed by atoms with Crippen LogP contribution in [0.5, 0.6) is 0 Å². The van der Waals surface area contributed by atoms with Gasteiger partial charge in [-0.25, -0.2) is 35.3 Å². The smallest absolute Gasteiger partial charge is 0.323 e. The number of nitrogens with two attached hydrogens (primary N) is 6. The molecular weight excluding hydrogens is 1990 g/mol. The first-order chi connectivity index (χ1) is 67.9. The molecule has 6 aromatic rings. The third kappa shape index (κ3) is 57.4. The van der Waals surface area contributed by atoms with Crippen molar-refractivity contribution in [2.75, 3.05) is 112 Å². The van der Waals surface area contributed by atoms with Gasteiger partial charge in [0.15, 0.2) is 50.9 Å². The summed E-state index contributed by atoms with van der Waals surface area (Å²) in [5, 5.41) is 28.1. The van der Waals surface area contributed by atoms with E-state index in [9.17, 15) is 37.9 Å². The van der Waals surface area contributed by atoms with Gasteiger partial charge < -0.3 is 107 Å². The summed E-state index contributed by atoms with van der Waals surface area (Å²) in [5.74, 6) is -0.414. The lowest BCUT2D eigenvalue weighted by atomic mass is 10.1. The fourth-order valence-corrected chi connectivity index (χ4v) is 19.3. The molecular formula is C95H181Cl3N27O17P3. The average molecular weight is 2170 g/mol. The molecule has 834 valence electrons. The molecule has 50 heteroatoms. The van der Waals surface area contributed by atoms with Crippen molar-refractivity contribution in [1.29, 1.82) is 0 Å². The summed E-state index contributed by atoms with van der Waals surface area (Å²) in [6.45, 7) is 37.7. The van der Waals surface area contributed by atoms with Crippen LogP contribution in [0.2, 0.25) is 0 Å². The van der Waals surface area contributed by atoms with Crippen LogP contribution >= 0.6 is 60.3 Å². The van der Waals surface area contributed by atoms with Crippen LogP contribution in [0.3, 0.4) is 0 Å². The number of carbonyl (C=O) groups is 6. The van der Waals surface area contributed by atoms with Gasteiger partial charge in [0, 0.05) is 43.8 Å². The standard InChI is InChI=1S/C33H59N8O6P.C29H51N8O6P.C23H39N8O5P.C4H11N.2C3H9N.3ClH/c1-5-7-9-11-13-15-20-46-31(42)25(3)39-48(44,40-26(4)32(43)47-21-16-14-12-10-8-6-2)24-45-22-19-41-23-35-28-29(36-27-17-18-27)37-33(34)38-30(28)41;1-5-7-9-11-16-42-27(38)21(3)35-44(40,36-22(4)28(39)43-17-12-10-8-6-2)20-41-18-15-37-19-31-24-25(32-23-13-14-23)33-29(30)34-26(24)37;1-5-16(21(32)35-7-3)29-37(30-17(6-2)22(33)36-8-4)14-34-12-11-31-13-25-18-19(26-15-9-10-15)27-23(24)28-20(18)31;1-3-4(2)5;2*1-3(2)4;;;/h23,25-27H,5-22,24H2,1-4H3,(H2,39,40,44)(H3,34,36,37,38);19,21-23H,5-18,20H2,1-4H3,(H2,35,36,40)(H3,30,32,33,34);13,15-17,29-30H,5-12,14H2,1-4H3,(H3,24,26,27,28);4H,3,5H2,1-2H3;2*3H,4H2,1-2H3;3*1H/t25-,26-;21-,22-;16-,17-;4-;;;;;/m0001...../s1. The van der Waals surface area contributed by atoms with Crippen molar-refractivity contribution < 1.29 is 80.5 Å². The van der Waals surface area contributed by atoms with Crippen LogP contribution in [-0.2, 0) is 100 Å². The molecule has 21 N–H and O–H groups in total. The Hall–Kier alpha value is -7.45. The lowest BCUT2D eigenvalue weighted by molar-refractivity contribution is -0.146. The average Bonchev–Trinajstić information content (AvgIpc) is 1.65. The first-order valence-corrected chi connectivity index (χ1v) is 57.1. The molecule has 3 aliphatic rings. The maximum absolute atomic E-state index is 14.1. The second-order valence-electron chi connectivity index (χ2n) is 36.7. The maximum atomic E-state index is 14.1. The topological polar surface area (TPSA) is 615 Å². The Bertz CT molecular complexity index is 4540. The van der Waals surface area contributed by atoms with Gasteiger partial charge in [0.2, 0.25) is 32.7 Å². The van der Waals surface area contributed by atoms with Crippen LogP contribution < -0.4 is 80.9 Å². The molecule has 0 amide bonds. The molecule has 44 nitrogen and oxygen atoms in total. The van der Waals surface area contributed by atoms with Gasteiger partial charge in [0.05, 0.1) is 93.0 Å². The van der Waals surface area contributed by atoms with E-state index >= 15 is 0 Å². The molecule has 6 aromatic heterocycles. The summed E-state index contributed by atoms with van der Waals surface area (Å²) in [6.07, 6.45) is 34.0. The third-order valence-electron chi connectivity index (χ3n) is 21.6. The number of fused-ring (bicyclic) bond motifs is 3. The molecule has 3 saturated carbocycles. The summed E-state index contributed by atoms with van der Waals surface area (Å²) in [5.41, 5.74) is 37.0. The number of anilines is 6. The molecule has 7 atom stereocenters. The van der Waals surface area contributed by atoms with E-state index in [1.807, 2.05) is 53.0 Å². The summed E-state index contributed by atoms with van der Waals surface area (Å²) < 4.78 is 83.3. The van der Waals surface area contributed by atoms with E-state index in [0.29, 0.717) is 166 Å². The number of halogens is 3. The number of carbonyl (C=O) groups excluding carboxylic acids is 6. The van der Waals surface area contributed by atoms with Gasteiger partial charge in [0.1, 0.15) is 48.9 Å². The second kappa shape index (κ2) is 77.0. The van der Waals surface area contributed by atoms with Gasteiger partial charge in [-0.1, -0.05) is 179 Å². The Labute approximate surface area is 880 Å². The highest BCUT2D eigenvalue weighted by Gasteiger charge is 2.36. The fourth-order valence-electron chi connectivity index (χ4n) is 13.3. The number of imidazole rings is 3. The number of hydrogen-bond acceptors (Lipinski definition) is 37. The predicted octanol–water partition coefficient (Wildman–Crippen LogP) is 15.1. The van der Waals surface area contributed by atoms with Crippen molar-refractivity contribution in [1.82, 2.24) is 89.1 Å². The number of nitrogens with one attached hydrogen (secondary N) is 9. The molecule has 0 aliphatic heterocycles. The fraction of sp³-hybridized carbons (Fsp3) is 0.779. The Morgan fingerprint density at radius 3 is 0.855 bits per heavy atom. The van der Waals surface area contributed by atoms with Gasteiger partial charge in [-0.15, -0.1) is 37.2 Å².